The van der Waals surface area contributed by atoms with Crippen LogP contribution in [0, 0.1) is 12.7 Å². The molecule has 4 rings (SSSR count). The van der Waals surface area contributed by atoms with Gasteiger partial charge < -0.3 is 14.2 Å². The lowest BCUT2D eigenvalue weighted by molar-refractivity contribution is -0.111. The molecule has 8 heteroatoms. The quantitative estimate of drug-likeness (QED) is 0.395. The molecule has 1 aliphatic heterocycles. The second-order valence-electron chi connectivity index (χ2n) is 7.49. The number of hydrogen-bond donors (Lipinski definition) is 1. The molecule has 31 heavy (non-hydrogen) atoms. The second kappa shape index (κ2) is 8.59. The van der Waals surface area contributed by atoms with Gasteiger partial charge >= 0.3 is 0 Å². The van der Waals surface area contributed by atoms with Crippen LogP contribution in [0.25, 0.3) is 11.0 Å². The number of carbonyl (C=O) groups is 1. The lowest BCUT2D eigenvalue weighted by Gasteiger charge is -2.37. The summed E-state index contributed by atoms with van der Waals surface area (Å²) >= 11 is 0. The Morgan fingerprint density at radius 3 is 2.45 bits per heavy atom. The second-order valence-corrected chi connectivity index (χ2v) is 7.49. The minimum Gasteiger partial charge on any atom is -0.461 e. The minimum atomic E-state index is -0.261. The number of amidine groups is 1. The number of ketones is 1. The highest BCUT2D eigenvalue weighted by atomic mass is 19.1. The van der Waals surface area contributed by atoms with Gasteiger partial charge in [-0.1, -0.05) is 0 Å². The van der Waals surface area contributed by atoms with E-state index in [1.807, 2.05) is 4.90 Å². The number of nitrogens with one attached hydrogen (secondary N) is 1. The van der Waals surface area contributed by atoms with Crippen LogP contribution < -0.4 is 15.8 Å². The molecule has 0 saturated carbocycles. The van der Waals surface area contributed by atoms with Crippen LogP contribution in [0.5, 0.6) is 0 Å². The van der Waals surface area contributed by atoms with E-state index in [0.29, 0.717) is 54.4 Å². The lowest BCUT2D eigenvalue weighted by atomic mass is 10.2. The van der Waals surface area contributed by atoms with Gasteiger partial charge in [-0.15, -0.1) is 0 Å². The molecule has 0 amide bonds. The summed E-state index contributed by atoms with van der Waals surface area (Å²) in [7, 11) is 0. The van der Waals surface area contributed by atoms with Crippen LogP contribution in [0.4, 0.5) is 15.8 Å². The molecule has 3 aromatic rings. The Labute approximate surface area is 178 Å². The fraction of sp³-hybridized carbons (Fsp3) is 0.261. The van der Waals surface area contributed by atoms with Gasteiger partial charge in [-0.05, 0) is 43.3 Å². The van der Waals surface area contributed by atoms with Crippen molar-refractivity contribution in [3.8, 4) is 0 Å². The van der Waals surface area contributed by atoms with Crippen molar-refractivity contribution in [2.24, 2.45) is 5.10 Å². The molecular formula is C23H23FN4O3. The predicted octanol–water partition coefficient (Wildman–Crippen LogP) is 3.38. The van der Waals surface area contributed by atoms with Gasteiger partial charge in [-0.2, -0.15) is 5.10 Å². The highest BCUT2D eigenvalue weighted by molar-refractivity contribution is 6.38. The van der Waals surface area contributed by atoms with Gasteiger partial charge in [0.2, 0.25) is 0 Å². The van der Waals surface area contributed by atoms with Crippen LogP contribution in [0.3, 0.4) is 0 Å². The number of hydrazone groups is 1. The number of anilines is 2. The Morgan fingerprint density at radius 1 is 1.06 bits per heavy atom. The molecule has 0 bridgehead atoms. The fourth-order valence-corrected chi connectivity index (χ4v) is 3.66. The van der Waals surface area contributed by atoms with E-state index in [9.17, 15) is 14.0 Å². The van der Waals surface area contributed by atoms with E-state index in [4.69, 9.17) is 4.42 Å². The van der Waals surface area contributed by atoms with E-state index >= 15 is 0 Å². The third-order valence-corrected chi connectivity index (χ3v) is 5.23. The Balaban J connectivity index is 1.48. The summed E-state index contributed by atoms with van der Waals surface area (Å²) in [5.41, 5.74) is 4.84. The Kier molecular flexibility index (Phi) is 5.70. The molecule has 0 spiro atoms. The Bertz CT molecular complexity index is 1200. The minimum absolute atomic E-state index is 0.0998. The van der Waals surface area contributed by atoms with Crippen molar-refractivity contribution in [2.45, 2.75) is 13.8 Å². The van der Waals surface area contributed by atoms with E-state index in [1.54, 1.807) is 37.3 Å². The van der Waals surface area contributed by atoms with E-state index in [1.165, 1.54) is 25.1 Å². The van der Waals surface area contributed by atoms with Crippen molar-refractivity contribution in [3.05, 3.63) is 70.3 Å². The van der Waals surface area contributed by atoms with E-state index < -0.39 is 0 Å². The highest BCUT2D eigenvalue weighted by Crippen LogP contribution is 2.19. The molecule has 0 atom stereocenters. The van der Waals surface area contributed by atoms with Crippen molar-refractivity contribution < 1.29 is 13.6 Å². The molecule has 1 N–H and O–H groups in total. The smallest absolute Gasteiger partial charge is 0.196 e. The lowest BCUT2D eigenvalue weighted by Crippen LogP contribution is -2.50. The summed E-state index contributed by atoms with van der Waals surface area (Å²) in [5, 5.41) is 4.82. The molecule has 1 aromatic heterocycles. The zero-order valence-electron chi connectivity index (χ0n) is 17.4. The number of piperazine rings is 1. The summed E-state index contributed by atoms with van der Waals surface area (Å²) in [4.78, 5) is 28.3. The third-order valence-electron chi connectivity index (χ3n) is 5.23. The first kappa shape index (κ1) is 20.6. The summed E-state index contributed by atoms with van der Waals surface area (Å²) in [6.45, 7) is 5.82. The Morgan fingerprint density at radius 2 is 1.77 bits per heavy atom. The van der Waals surface area contributed by atoms with Gasteiger partial charge in [0, 0.05) is 50.9 Å². The largest absolute Gasteiger partial charge is 0.461 e. The zero-order valence-corrected chi connectivity index (χ0v) is 17.4. The number of carbonyl (C=O) groups excluding carboxylic acids is 1. The summed E-state index contributed by atoms with van der Waals surface area (Å²) < 4.78 is 18.8. The SMILES string of the molecule is CC(=O)/C(=N/Nc1ccc2c(=O)cc(C)oc2c1)N1CCN(c2ccc(F)cc2)CC1. The number of hydrogen-bond acceptors (Lipinski definition) is 6. The van der Waals surface area contributed by atoms with Crippen molar-refractivity contribution >= 4 is 34.0 Å². The van der Waals surface area contributed by atoms with Gasteiger partial charge in [0.15, 0.2) is 17.0 Å². The van der Waals surface area contributed by atoms with Gasteiger partial charge in [-0.3, -0.25) is 15.0 Å². The van der Waals surface area contributed by atoms with Crippen molar-refractivity contribution in [1.82, 2.24) is 4.90 Å². The molecule has 1 saturated heterocycles. The molecule has 0 unspecified atom stereocenters. The molecule has 7 nitrogen and oxygen atoms in total. The molecular weight excluding hydrogens is 399 g/mol. The number of rotatable bonds is 4. The van der Waals surface area contributed by atoms with Crippen LogP contribution in [0.15, 0.2) is 62.8 Å². The maximum atomic E-state index is 13.2. The van der Waals surface area contributed by atoms with E-state index in [0.717, 1.165) is 5.69 Å². The summed E-state index contributed by atoms with van der Waals surface area (Å²) in [5.74, 6) is 0.458. The number of nitrogens with zero attached hydrogens (tertiary/aromatic N) is 3. The molecule has 1 aliphatic rings. The van der Waals surface area contributed by atoms with Crippen LogP contribution in [-0.2, 0) is 4.79 Å². The number of Topliss-reactive ketones (excluding diaryl/α,β-unsaturated/α-hetero) is 1. The van der Waals surface area contributed by atoms with E-state index in [2.05, 4.69) is 15.4 Å². The van der Waals surface area contributed by atoms with Crippen LogP contribution in [-0.4, -0.2) is 42.7 Å². The van der Waals surface area contributed by atoms with Crippen LogP contribution >= 0.6 is 0 Å². The molecule has 1 fully saturated rings. The fourth-order valence-electron chi connectivity index (χ4n) is 3.66. The van der Waals surface area contributed by atoms with Crippen LogP contribution in [0.2, 0.25) is 0 Å². The number of halogens is 1. The van der Waals surface area contributed by atoms with Crippen molar-refractivity contribution in [3.63, 3.8) is 0 Å². The average Bonchev–Trinajstić information content (AvgIpc) is 2.74. The monoisotopic (exact) mass is 422 g/mol. The van der Waals surface area contributed by atoms with Crippen molar-refractivity contribution in [1.29, 1.82) is 0 Å². The molecule has 0 radical (unpaired) electrons. The Hall–Kier alpha value is -3.68. The van der Waals surface area contributed by atoms with E-state index in [-0.39, 0.29) is 17.0 Å². The number of aryl methyl sites for hydroxylation is 1. The normalized spacial score (nSPS) is 14.7. The number of fused-ring (bicyclic) bond motifs is 1. The molecule has 2 heterocycles. The molecule has 160 valence electrons. The van der Waals surface area contributed by atoms with Crippen LogP contribution in [0.1, 0.15) is 12.7 Å². The number of benzene rings is 2. The van der Waals surface area contributed by atoms with Crippen molar-refractivity contribution in [2.75, 3.05) is 36.5 Å². The van der Waals surface area contributed by atoms with Gasteiger partial charge in [0.25, 0.3) is 0 Å². The summed E-state index contributed by atoms with van der Waals surface area (Å²) in [6, 6.07) is 12.9. The first-order valence-electron chi connectivity index (χ1n) is 10.1. The third kappa shape index (κ3) is 4.58. The maximum Gasteiger partial charge on any atom is 0.196 e. The predicted molar refractivity (Wildman–Crippen MR) is 119 cm³/mol. The maximum absolute atomic E-state index is 13.2. The summed E-state index contributed by atoms with van der Waals surface area (Å²) in [6.07, 6.45) is 0. The average molecular weight is 422 g/mol. The zero-order chi connectivity index (χ0) is 22.0. The standard InChI is InChI=1S/C23H23FN4O3/c1-15-13-21(30)20-8-5-18(14-22(20)31-15)25-26-23(16(2)29)28-11-9-27(10-12-28)19-6-3-17(24)4-7-19/h3-8,13-14,25H,9-12H2,1-2H3/b26-23-. The molecule has 2 aromatic carbocycles. The first-order valence-corrected chi connectivity index (χ1v) is 10.1. The highest BCUT2D eigenvalue weighted by Gasteiger charge is 2.22. The van der Waals surface area contributed by atoms with Gasteiger partial charge in [0.05, 0.1) is 11.1 Å². The molecule has 0 aliphatic carbocycles. The first-order chi connectivity index (χ1) is 14.9. The van der Waals surface area contributed by atoms with Gasteiger partial charge in [0.1, 0.15) is 17.2 Å². The topological polar surface area (TPSA) is 78.1 Å². The van der Waals surface area contributed by atoms with Gasteiger partial charge in [-0.25, -0.2) is 4.39 Å².